The SMILES string of the molecule is COc1ccc(Cc2nc3c(c4c2[nH]c2cc(Cl)ccc24)C(=O)CC(C)(C)C3)cc1F. The van der Waals surface area contributed by atoms with E-state index in [0.717, 1.165) is 38.8 Å². The lowest BCUT2D eigenvalue weighted by Crippen LogP contribution is -2.28. The number of pyridine rings is 1. The van der Waals surface area contributed by atoms with Crippen LogP contribution in [0.1, 0.15) is 47.6 Å². The standard InChI is InChI=1S/C25H22ClFN2O2/c1-25(2)11-19-23(20(30)12-25)22-15-6-5-14(26)10-17(15)29-24(22)18(28-19)9-13-4-7-21(31-3)16(27)8-13/h4-8,10,29H,9,11-12H2,1-3H3. The minimum absolute atomic E-state index is 0.113. The van der Waals surface area contributed by atoms with E-state index in [0.29, 0.717) is 29.8 Å². The third kappa shape index (κ3) is 3.37. The molecule has 158 valence electrons. The molecule has 6 heteroatoms. The van der Waals surface area contributed by atoms with E-state index in [2.05, 4.69) is 18.8 Å². The van der Waals surface area contributed by atoms with Gasteiger partial charge in [-0.05, 0) is 41.7 Å². The maximum atomic E-state index is 14.3. The largest absolute Gasteiger partial charge is 0.494 e. The van der Waals surface area contributed by atoms with Gasteiger partial charge < -0.3 is 9.72 Å². The average Bonchev–Trinajstić information content (AvgIpc) is 3.05. The Bertz CT molecular complexity index is 1370. The second-order valence-corrected chi connectivity index (χ2v) is 9.47. The van der Waals surface area contributed by atoms with Gasteiger partial charge in [0.05, 0.1) is 24.0 Å². The fourth-order valence-electron chi connectivity index (χ4n) is 4.67. The van der Waals surface area contributed by atoms with Crippen molar-refractivity contribution in [3.8, 4) is 5.75 Å². The van der Waals surface area contributed by atoms with Gasteiger partial charge in [-0.25, -0.2) is 4.39 Å². The summed E-state index contributed by atoms with van der Waals surface area (Å²) < 4.78 is 19.3. The molecule has 1 aliphatic rings. The lowest BCUT2D eigenvalue weighted by atomic mass is 9.74. The zero-order valence-corrected chi connectivity index (χ0v) is 18.4. The van der Waals surface area contributed by atoms with Gasteiger partial charge in [-0.15, -0.1) is 0 Å². The fourth-order valence-corrected chi connectivity index (χ4v) is 4.85. The molecule has 31 heavy (non-hydrogen) atoms. The maximum Gasteiger partial charge on any atom is 0.165 e. The molecule has 1 N–H and O–H groups in total. The van der Waals surface area contributed by atoms with Gasteiger partial charge in [0.25, 0.3) is 0 Å². The van der Waals surface area contributed by atoms with Crippen LogP contribution in [0.2, 0.25) is 5.02 Å². The number of hydrogen-bond acceptors (Lipinski definition) is 3. The smallest absolute Gasteiger partial charge is 0.165 e. The second-order valence-electron chi connectivity index (χ2n) is 9.03. The molecule has 0 spiro atoms. The van der Waals surface area contributed by atoms with E-state index in [4.69, 9.17) is 21.3 Å². The van der Waals surface area contributed by atoms with E-state index in [-0.39, 0.29) is 16.9 Å². The number of benzene rings is 2. The zero-order valence-electron chi connectivity index (χ0n) is 17.6. The number of carbonyl (C=O) groups is 1. The van der Waals surface area contributed by atoms with Gasteiger partial charge in [0.1, 0.15) is 0 Å². The Balaban J connectivity index is 1.76. The van der Waals surface area contributed by atoms with Crippen molar-refractivity contribution in [3.63, 3.8) is 0 Å². The highest BCUT2D eigenvalue weighted by atomic mass is 35.5. The molecule has 1 aliphatic carbocycles. The van der Waals surface area contributed by atoms with E-state index < -0.39 is 5.82 Å². The highest BCUT2D eigenvalue weighted by Gasteiger charge is 2.35. The van der Waals surface area contributed by atoms with Gasteiger partial charge in [-0.3, -0.25) is 9.78 Å². The normalized spacial score (nSPS) is 15.5. The van der Waals surface area contributed by atoms with Crippen LogP contribution >= 0.6 is 11.6 Å². The highest BCUT2D eigenvalue weighted by Crippen LogP contribution is 2.41. The van der Waals surface area contributed by atoms with Crippen molar-refractivity contribution < 1.29 is 13.9 Å². The van der Waals surface area contributed by atoms with Crippen LogP contribution in [0.5, 0.6) is 5.75 Å². The van der Waals surface area contributed by atoms with Crippen LogP contribution in [-0.4, -0.2) is 22.9 Å². The van der Waals surface area contributed by atoms with Crippen molar-refractivity contribution >= 4 is 39.2 Å². The number of nitrogens with one attached hydrogen (secondary N) is 1. The van der Waals surface area contributed by atoms with Crippen LogP contribution in [0.15, 0.2) is 36.4 Å². The number of aromatic nitrogens is 2. The topological polar surface area (TPSA) is 55.0 Å². The van der Waals surface area contributed by atoms with E-state index >= 15 is 0 Å². The predicted octanol–water partition coefficient (Wildman–Crippen LogP) is 6.26. The number of halogens is 2. The first-order valence-electron chi connectivity index (χ1n) is 10.2. The Labute approximate surface area is 184 Å². The minimum atomic E-state index is -0.408. The number of ketones is 1. The van der Waals surface area contributed by atoms with E-state index in [1.807, 2.05) is 24.3 Å². The third-order valence-corrected chi connectivity index (χ3v) is 6.24. The molecule has 5 rings (SSSR count). The van der Waals surface area contributed by atoms with Crippen LogP contribution in [0, 0.1) is 11.2 Å². The zero-order chi connectivity index (χ0) is 21.9. The lowest BCUT2D eigenvalue weighted by Gasteiger charge is -2.30. The molecule has 4 aromatic rings. The Morgan fingerprint density at radius 2 is 2.00 bits per heavy atom. The number of H-pyrrole nitrogens is 1. The van der Waals surface area contributed by atoms with Crippen molar-refractivity contribution in [2.75, 3.05) is 7.11 Å². The number of rotatable bonds is 3. The van der Waals surface area contributed by atoms with Crippen LogP contribution in [-0.2, 0) is 12.8 Å². The molecule has 0 saturated carbocycles. The second kappa shape index (κ2) is 7.06. The van der Waals surface area contributed by atoms with Crippen LogP contribution in [0.25, 0.3) is 21.8 Å². The van der Waals surface area contributed by atoms with Gasteiger partial charge in [-0.2, -0.15) is 0 Å². The summed E-state index contributed by atoms with van der Waals surface area (Å²) >= 11 is 6.22. The number of aromatic amines is 1. The van der Waals surface area contributed by atoms with Gasteiger partial charge >= 0.3 is 0 Å². The first-order valence-corrected chi connectivity index (χ1v) is 10.6. The lowest BCUT2D eigenvalue weighted by molar-refractivity contribution is 0.0912. The summed E-state index contributed by atoms with van der Waals surface area (Å²) in [4.78, 5) is 21.5. The molecule has 0 aliphatic heterocycles. The Hall–Kier alpha value is -2.92. The van der Waals surface area contributed by atoms with Gasteiger partial charge in [-0.1, -0.05) is 37.6 Å². The molecular weight excluding hydrogens is 415 g/mol. The number of fused-ring (bicyclic) bond motifs is 5. The Morgan fingerprint density at radius 1 is 1.19 bits per heavy atom. The molecule has 2 heterocycles. The molecule has 0 atom stereocenters. The number of nitrogens with zero attached hydrogens (tertiary/aromatic N) is 1. The Kier molecular flexibility index (Phi) is 4.56. The molecular formula is C25H22ClFN2O2. The molecule has 0 amide bonds. The number of Topliss-reactive ketones (excluding diaryl/α,β-unsaturated/α-hetero) is 1. The van der Waals surface area contributed by atoms with Crippen molar-refractivity contribution in [1.29, 1.82) is 0 Å². The minimum Gasteiger partial charge on any atom is -0.494 e. The van der Waals surface area contributed by atoms with Crippen LogP contribution in [0.3, 0.4) is 0 Å². The number of ether oxygens (including phenoxy) is 1. The van der Waals surface area contributed by atoms with Crippen LogP contribution in [0.4, 0.5) is 4.39 Å². The molecule has 2 aromatic carbocycles. The van der Waals surface area contributed by atoms with Crippen molar-refractivity contribution in [3.05, 3.63) is 69.8 Å². The van der Waals surface area contributed by atoms with E-state index in [1.54, 1.807) is 6.07 Å². The summed E-state index contributed by atoms with van der Waals surface area (Å²) in [6.07, 6.45) is 1.63. The quantitative estimate of drug-likeness (QED) is 0.412. The van der Waals surface area contributed by atoms with Gasteiger partial charge in [0.15, 0.2) is 17.3 Å². The Morgan fingerprint density at radius 3 is 2.74 bits per heavy atom. The molecule has 0 radical (unpaired) electrons. The third-order valence-electron chi connectivity index (χ3n) is 6.01. The summed E-state index contributed by atoms with van der Waals surface area (Å²) in [5.74, 6) is -0.0875. The number of methoxy groups -OCH3 is 1. The monoisotopic (exact) mass is 436 g/mol. The molecule has 0 unspecified atom stereocenters. The average molecular weight is 437 g/mol. The fraction of sp³-hybridized carbons (Fsp3) is 0.280. The molecule has 0 fully saturated rings. The van der Waals surface area contributed by atoms with Gasteiger partial charge in [0, 0.05) is 39.7 Å². The highest BCUT2D eigenvalue weighted by molar-refractivity contribution is 6.32. The van der Waals surface area contributed by atoms with Crippen molar-refractivity contribution in [2.45, 2.75) is 33.1 Å². The van der Waals surface area contributed by atoms with Crippen LogP contribution < -0.4 is 4.74 Å². The van der Waals surface area contributed by atoms with E-state index in [9.17, 15) is 9.18 Å². The van der Waals surface area contributed by atoms with E-state index in [1.165, 1.54) is 13.2 Å². The summed E-state index contributed by atoms with van der Waals surface area (Å²) in [6.45, 7) is 4.18. The predicted molar refractivity (Wildman–Crippen MR) is 121 cm³/mol. The molecule has 0 saturated heterocycles. The maximum absolute atomic E-state index is 14.3. The number of hydrogen-bond donors (Lipinski definition) is 1. The molecule has 2 aromatic heterocycles. The summed E-state index contributed by atoms with van der Waals surface area (Å²) in [7, 11) is 1.45. The number of carbonyl (C=O) groups excluding carboxylic acids is 1. The molecule has 4 nitrogen and oxygen atoms in total. The molecule has 0 bridgehead atoms. The van der Waals surface area contributed by atoms with Crippen molar-refractivity contribution in [2.24, 2.45) is 5.41 Å². The first-order chi connectivity index (χ1) is 14.8. The summed E-state index contributed by atoms with van der Waals surface area (Å²) in [5.41, 5.74) is 4.60. The summed E-state index contributed by atoms with van der Waals surface area (Å²) in [5, 5.41) is 2.46. The van der Waals surface area contributed by atoms with Gasteiger partial charge in [0.2, 0.25) is 0 Å². The first kappa shape index (κ1) is 20.0. The summed E-state index contributed by atoms with van der Waals surface area (Å²) in [6, 6.07) is 10.6. The van der Waals surface area contributed by atoms with Crippen molar-refractivity contribution in [1.82, 2.24) is 9.97 Å².